The molecular weight excluding hydrogens is 441 g/mol. The van der Waals surface area contributed by atoms with Crippen LogP contribution >= 0.6 is 35.7 Å². The van der Waals surface area contributed by atoms with Crippen molar-refractivity contribution in [2.45, 2.75) is 96.8 Å². The molecule has 1 aliphatic heterocycles. The Balaban J connectivity index is 0.00000576. The smallest absolute Gasteiger partial charge is 0.0675 e. The van der Waals surface area contributed by atoms with Crippen LogP contribution in [-0.4, -0.2) is 30.5 Å². The molecule has 0 saturated carbocycles. The van der Waals surface area contributed by atoms with Gasteiger partial charge in [0.25, 0.3) is 0 Å². The van der Waals surface area contributed by atoms with Crippen LogP contribution in [0.5, 0.6) is 0 Å². The van der Waals surface area contributed by atoms with Crippen molar-refractivity contribution in [1.82, 2.24) is 4.90 Å². The Bertz CT molecular complexity index is 289. The highest BCUT2D eigenvalue weighted by Gasteiger charge is 2.03. The maximum absolute atomic E-state index is 5.75. The first-order chi connectivity index (χ1) is 11.9. The first kappa shape index (κ1) is 25.6. The van der Waals surface area contributed by atoms with Gasteiger partial charge in [-0.2, -0.15) is 0 Å². The normalized spacial score (nSPS) is 13.4. The van der Waals surface area contributed by atoms with Crippen LogP contribution in [0.15, 0.2) is 11.6 Å². The van der Waals surface area contributed by atoms with Gasteiger partial charge in [-0.3, -0.25) is 0 Å². The van der Waals surface area contributed by atoms with Crippen LogP contribution in [0.4, 0.5) is 0 Å². The highest BCUT2D eigenvalue weighted by atomic mass is 127. The zero-order chi connectivity index (χ0) is 17.1. The fourth-order valence-electron chi connectivity index (χ4n) is 3.12. The average molecular weight is 484 g/mol. The van der Waals surface area contributed by atoms with Crippen LogP contribution < -0.4 is 0 Å². The lowest BCUT2D eigenvalue weighted by atomic mass is 10.1. The third-order valence-electron chi connectivity index (χ3n) is 4.73. The Morgan fingerprint density at radius 1 is 0.760 bits per heavy atom. The number of ether oxygens (including phenoxy) is 1. The van der Waals surface area contributed by atoms with Crippen molar-refractivity contribution in [3.8, 4) is 0 Å². The van der Waals surface area contributed by atoms with Crippen LogP contribution in [0.1, 0.15) is 96.8 Å². The van der Waals surface area contributed by atoms with Gasteiger partial charge in [0.05, 0.1) is 5.88 Å². The van der Waals surface area contributed by atoms with Gasteiger partial charge in [-0.05, 0) is 24.7 Å². The molecule has 4 heteroatoms. The van der Waals surface area contributed by atoms with Crippen molar-refractivity contribution >= 4 is 35.7 Å². The second kappa shape index (κ2) is 20.9. The summed E-state index contributed by atoms with van der Waals surface area (Å²) >= 11 is 1.89. The molecule has 0 bridgehead atoms. The molecule has 0 atom stereocenters. The molecule has 0 unspecified atom stereocenters. The average Bonchev–Trinajstić information content (AvgIpc) is 3.11. The van der Waals surface area contributed by atoms with Gasteiger partial charge in [-0.25, -0.2) is 0 Å². The van der Waals surface area contributed by atoms with Crippen LogP contribution in [0.3, 0.4) is 0 Å². The lowest BCUT2D eigenvalue weighted by Crippen LogP contribution is -2.15. The summed E-state index contributed by atoms with van der Waals surface area (Å²) in [6.07, 6.45) is 21.6. The molecule has 25 heavy (non-hydrogen) atoms. The summed E-state index contributed by atoms with van der Waals surface area (Å²) in [5, 5.41) is 2.18. The number of hydrogen-bond acceptors (Lipinski definition) is 3. The van der Waals surface area contributed by atoms with Crippen molar-refractivity contribution in [2.75, 3.05) is 25.6 Å². The third-order valence-corrected chi connectivity index (χ3v) is 5.53. The van der Waals surface area contributed by atoms with Gasteiger partial charge in [0, 0.05) is 26.0 Å². The molecule has 1 heterocycles. The topological polar surface area (TPSA) is 12.5 Å². The van der Waals surface area contributed by atoms with Gasteiger partial charge in [-0.1, -0.05) is 77.6 Å². The molecule has 0 N–H and O–H groups in total. The molecular formula is C21H42INOS. The van der Waals surface area contributed by atoms with E-state index in [0.717, 1.165) is 19.1 Å². The minimum Gasteiger partial charge on any atom is -0.381 e. The molecule has 1 aliphatic rings. The van der Waals surface area contributed by atoms with Crippen molar-refractivity contribution in [3.63, 3.8) is 0 Å². The van der Waals surface area contributed by atoms with E-state index in [1.165, 1.54) is 96.4 Å². The lowest BCUT2D eigenvalue weighted by Gasteiger charge is -2.13. The van der Waals surface area contributed by atoms with E-state index in [-0.39, 0.29) is 24.0 Å². The van der Waals surface area contributed by atoms with Crippen LogP contribution in [0.25, 0.3) is 0 Å². The summed E-state index contributed by atoms with van der Waals surface area (Å²) in [4.78, 5) is 2.38. The molecule has 150 valence electrons. The zero-order valence-electron chi connectivity index (χ0n) is 16.6. The molecule has 0 spiro atoms. The minimum absolute atomic E-state index is 0. The van der Waals surface area contributed by atoms with E-state index in [2.05, 4.69) is 23.4 Å². The molecule has 0 fully saturated rings. The van der Waals surface area contributed by atoms with Gasteiger partial charge in [-0.15, -0.1) is 35.7 Å². The molecule has 0 radical (unpaired) electrons. The van der Waals surface area contributed by atoms with Gasteiger partial charge in [0.1, 0.15) is 0 Å². The Hall–Kier alpha value is 0.580. The fourth-order valence-corrected chi connectivity index (χ4v) is 3.87. The Labute approximate surface area is 178 Å². The number of unbranched alkanes of at least 4 members (excludes halogenated alkanes) is 12. The first-order valence-electron chi connectivity index (χ1n) is 10.5. The monoisotopic (exact) mass is 483 g/mol. The van der Waals surface area contributed by atoms with Crippen molar-refractivity contribution in [3.05, 3.63) is 11.6 Å². The number of hydrogen-bond donors (Lipinski definition) is 0. The lowest BCUT2D eigenvalue weighted by molar-refractivity contribution is 0.125. The fraction of sp³-hybridized carbons (Fsp3) is 0.905. The molecule has 0 aromatic rings. The summed E-state index contributed by atoms with van der Waals surface area (Å²) in [6, 6.07) is 0. The Morgan fingerprint density at radius 3 is 1.80 bits per heavy atom. The second-order valence-electron chi connectivity index (χ2n) is 7.10. The predicted octanol–water partition coefficient (Wildman–Crippen LogP) is 7.58. The Morgan fingerprint density at radius 2 is 1.28 bits per heavy atom. The van der Waals surface area contributed by atoms with Crippen LogP contribution in [-0.2, 0) is 4.74 Å². The minimum atomic E-state index is 0. The van der Waals surface area contributed by atoms with Crippen molar-refractivity contribution in [2.24, 2.45) is 0 Å². The van der Waals surface area contributed by atoms with Crippen LogP contribution in [0.2, 0.25) is 0 Å². The number of halogens is 1. The summed E-state index contributed by atoms with van der Waals surface area (Å²) in [5.74, 6) is 1.14. The van der Waals surface area contributed by atoms with E-state index >= 15 is 0 Å². The molecule has 0 saturated heterocycles. The van der Waals surface area contributed by atoms with E-state index < -0.39 is 0 Å². The Kier molecular flexibility index (Phi) is 21.4. The SMILES string of the molecule is CCCCCCCCCCCCCCOCCCCN1C=CSC1.I. The van der Waals surface area contributed by atoms with Crippen LogP contribution in [0, 0.1) is 0 Å². The van der Waals surface area contributed by atoms with E-state index in [0.29, 0.717) is 0 Å². The van der Waals surface area contributed by atoms with Gasteiger partial charge >= 0.3 is 0 Å². The van der Waals surface area contributed by atoms with E-state index in [1.807, 2.05) is 11.8 Å². The predicted molar refractivity (Wildman–Crippen MR) is 125 cm³/mol. The van der Waals surface area contributed by atoms with E-state index in [9.17, 15) is 0 Å². The molecule has 2 nitrogen and oxygen atoms in total. The van der Waals surface area contributed by atoms with Crippen molar-refractivity contribution in [1.29, 1.82) is 0 Å². The summed E-state index contributed by atoms with van der Waals surface area (Å²) in [7, 11) is 0. The van der Waals surface area contributed by atoms with E-state index in [4.69, 9.17) is 4.74 Å². The largest absolute Gasteiger partial charge is 0.381 e. The summed E-state index contributed by atoms with van der Waals surface area (Å²) in [5.41, 5.74) is 0. The first-order valence-corrected chi connectivity index (χ1v) is 11.6. The third kappa shape index (κ3) is 17.7. The molecule has 0 aromatic carbocycles. The molecule has 0 aromatic heterocycles. The quantitative estimate of drug-likeness (QED) is 0.147. The number of nitrogens with zero attached hydrogens (tertiary/aromatic N) is 1. The van der Waals surface area contributed by atoms with E-state index in [1.54, 1.807) is 0 Å². The maximum atomic E-state index is 5.75. The summed E-state index contributed by atoms with van der Waals surface area (Å²) in [6.45, 7) is 5.39. The standard InChI is InChI=1S/C21H41NOS.HI/c1-2-3-4-5-6-7-8-9-10-11-12-14-18-23-19-15-13-16-22-17-20-24-21-22;/h17,20H,2-16,18-19,21H2,1H3;1H. The van der Waals surface area contributed by atoms with Gasteiger partial charge < -0.3 is 9.64 Å². The molecule has 0 aliphatic carbocycles. The zero-order valence-corrected chi connectivity index (χ0v) is 19.7. The second-order valence-corrected chi connectivity index (χ2v) is 7.97. The summed E-state index contributed by atoms with van der Waals surface area (Å²) < 4.78 is 5.75. The number of thioether (sulfide) groups is 1. The highest BCUT2D eigenvalue weighted by molar-refractivity contribution is 14.0. The maximum Gasteiger partial charge on any atom is 0.0675 e. The number of rotatable bonds is 18. The molecule has 0 amide bonds. The van der Waals surface area contributed by atoms with Gasteiger partial charge in [0.15, 0.2) is 0 Å². The highest BCUT2D eigenvalue weighted by Crippen LogP contribution is 2.15. The van der Waals surface area contributed by atoms with Gasteiger partial charge in [0.2, 0.25) is 0 Å². The molecule has 1 rings (SSSR count). The van der Waals surface area contributed by atoms with Crippen molar-refractivity contribution < 1.29 is 4.74 Å².